The van der Waals surface area contributed by atoms with Crippen molar-refractivity contribution in [2.24, 2.45) is 0 Å². The van der Waals surface area contributed by atoms with Gasteiger partial charge in [-0.15, -0.1) is 10.1 Å². The van der Waals surface area contributed by atoms with E-state index in [0.717, 1.165) is 18.2 Å². The van der Waals surface area contributed by atoms with Gasteiger partial charge in [0.2, 0.25) is 0 Å². The molecular formula is C23H29N3O13P+. The van der Waals surface area contributed by atoms with Crippen LogP contribution in [-0.4, -0.2) is 103 Å². The summed E-state index contributed by atoms with van der Waals surface area (Å²) >= 11 is 0. The smallest absolute Gasteiger partial charge is 0.472 e. The van der Waals surface area contributed by atoms with Crippen LogP contribution in [0.15, 0.2) is 18.2 Å². The van der Waals surface area contributed by atoms with E-state index in [1.165, 1.54) is 0 Å². The molecule has 40 heavy (non-hydrogen) atoms. The SMILES string of the molecule is C[N+](C)(C)CCOP(=O)(O)OCCOc1cc(C(=O)ON2C(=O)CCC2=O)cc(C(=O)ON2C(=O)CCC2=O)c1. The summed E-state index contributed by atoms with van der Waals surface area (Å²) < 4.78 is 27.7. The maximum atomic E-state index is 12.7. The zero-order valence-corrected chi connectivity index (χ0v) is 22.9. The monoisotopic (exact) mass is 586 g/mol. The first-order chi connectivity index (χ1) is 18.6. The highest BCUT2D eigenvalue weighted by Crippen LogP contribution is 2.42. The number of imide groups is 2. The van der Waals surface area contributed by atoms with Gasteiger partial charge >= 0.3 is 19.8 Å². The van der Waals surface area contributed by atoms with Gasteiger partial charge < -0.3 is 23.8 Å². The van der Waals surface area contributed by atoms with E-state index in [1.54, 1.807) is 0 Å². The van der Waals surface area contributed by atoms with Crippen LogP contribution in [0.25, 0.3) is 0 Å². The lowest BCUT2D eigenvalue weighted by atomic mass is 10.1. The number of carbonyl (C=O) groups excluding carboxylic acids is 6. The Morgan fingerprint density at radius 1 is 0.775 bits per heavy atom. The maximum Gasteiger partial charge on any atom is 0.472 e. The van der Waals surface area contributed by atoms with Crippen molar-refractivity contribution in [1.29, 1.82) is 0 Å². The largest absolute Gasteiger partial charge is 0.491 e. The summed E-state index contributed by atoms with van der Waals surface area (Å²) in [6.45, 7) is -0.379. The topological polar surface area (TPSA) is 192 Å². The minimum atomic E-state index is -4.39. The molecule has 1 N–H and O–H groups in total. The first-order valence-corrected chi connectivity index (χ1v) is 13.5. The van der Waals surface area contributed by atoms with Crippen molar-refractivity contribution in [2.75, 3.05) is 47.5 Å². The molecule has 0 radical (unpaired) electrons. The Morgan fingerprint density at radius 2 is 1.20 bits per heavy atom. The molecule has 0 aromatic heterocycles. The summed E-state index contributed by atoms with van der Waals surface area (Å²) in [6.07, 6.45) is -0.562. The fraction of sp³-hybridized carbons (Fsp3) is 0.478. The van der Waals surface area contributed by atoms with E-state index in [-0.39, 0.29) is 55.8 Å². The van der Waals surface area contributed by atoms with E-state index in [4.69, 9.17) is 23.5 Å². The summed E-state index contributed by atoms with van der Waals surface area (Å²) in [5.74, 6) is -5.47. The average molecular weight is 586 g/mol. The van der Waals surface area contributed by atoms with Gasteiger partial charge in [0.15, 0.2) is 0 Å². The number of amides is 4. The number of nitrogens with zero attached hydrogens (tertiary/aromatic N) is 3. The van der Waals surface area contributed by atoms with Crippen LogP contribution in [0.2, 0.25) is 0 Å². The molecule has 4 amide bonds. The summed E-state index contributed by atoms with van der Waals surface area (Å²) in [6, 6.07) is 3.19. The fourth-order valence-electron chi connectivity index (χ4n) is 3.28. The quantitative estimate of drug-likeness (QED) is 0.144. The highest BCUT2D eigenvalue weighted by atomic mass is 31.2. The predicted molar refractivity (Wildman–Crippen MR) is 130 cm³/mol. The van der Waals surface area contributed by atoms with Gasteiger partial charge in [-0.05, 0) is 18.2 Å². The zero-order valence-electron chi connectivity index (χ0n) is 22.0. The van der Waals surface area contributed by atoms with Crippen molar-refractivity contribution in [3.63, 3.8) is 0 Å². The number of quaternary nitrogens is 1. The second kappa shape index (κ2) is 12.7. The van der Waals surface area contributed by atoms with E-state index >= 15 is 0 Å². The van der Waals surface area contributed by atoms with Crippen molar-refractivity contribution in [3.8, 4) is 5.75 Å². The molecule has 16 nitrogen and oxygen atoms in total. The molecule has 2 fully saturated rings. The van der Waals surface area contributed by atoms with Gasteiger partial charge in [-0.3, -0.25) is 28.2 Å². The van der Waals surface area contributed by atoms with Crippen molar-refractivity contribution >= 4 is 43.4 Å². The van der Waals surface area contributed by atoms with Crippen molar-refractivity contribution in [2.45, 2.75) is 25.7 Å². The number of hydrogen-bond acceptors (Lipinski definition) is 12. The molecule has 2 aliphatic heterocycles. The Morgan fingerprint density at radius 3 is 1.62 bits per heavy atom. The van der Waals surface area contributed by atoms with E-state index in [2.05, 4.69) is 0 Å². The molecule has 0 aliphatic carbocycles. The summed E-state index contributed by atoms with van der Waals surface area (Å²) in [5, 5.41) is 0.612. The van der Waals surface area contributed by atoms with Gasteiger partial charge in [0.05, 0.1) is 38.9 Å². The molecule has 2 heterocycles. The molecule has 1 aromatic rings. The minimum Gasteiger partial charge on any atom is -0.491 e. The standard InChI is InChI=1S/C23H28N3O13P/c1-26(2,3)8-9-36-40(33,34)37-11-10-35-17-13-15(22(31)38-24-18(27)4-5-19(24)28)12-16(14-17)23(32)39-25-20(29)6-7-21(25)30/h12-14H,4-11H2,1-3H3/p+1. The number of hydrogen-bond donors (Lipinski definition) is 1. The molecule has 3 rings (SSSR count). The van der Waals surface area contributed by atoms with Crippen molar-refractivity contribution < 1.29 is 66.2 Å². The number of phosphoric ester groups is 1. The third kappa shape index (κ3) is 8.66. The van der Waals surface area contributed by atoms with Crippen LogP contribution in [0.4, 0.5) is 0 Å². The van der Waals surface area contributed by atoms with Crippen LogP contribution < -0.4 is 4.74 Å². The predicted octanol–water partition coefficient (Wildman–Crippen LogP) is 0.347. The van der Waals surface area contributed by atoms with Crippen LogP contribution in [0.3, 0.4) is 0 Å². The number of carbonyl (C=O) groups is 6. The summed E-state index contributed by atoms with van der Waals surface area (Å²) in [4.78, 5) is 92.2. The Hall–Kier alpha value is -3.69. The second-order valence-corrected chi connectivity index (χ2v) is 11.1. The zero-order chi connectivity index (χ0) is 29.7. The summed E-state index contributed by atoms with van der Waals surface area (Å²) in [5.41, 5.74) is -0.707. The van der Waals surface area contributed by atoms with E-state index < -0.39 is 50.0 Å². The van der Waals surface area contributed by atoms with Gasteiger partial charge in [-0.25, -0.2) is 14.2 Å². The van der Waals surface area contributed by atoms with Crippen molar-refractivity contribution in [1.82, 2.24) is 10.1 Å². The lowest BCUT2D eigenvalue weighted by molar-refractivity contribution is -0.870. The van der Waals surface area contributed by atoms with Gasteiger partial charge in [0.25, 0.3) is 23.6 Å². The number of phosphoric acid groups is 1. The molecule has 1 aromatic carbocycles. The minimum absolute atomic E-state index is 0.0438. The van der Waals surface area contributed by atoms with E-state index in [1.807, 2.05) is 21.1 Å². The Labute approximate surface area is 228 Å². The number of rotatable bonds is 13. The van der Waals surface area contributed by atoms with E-state index in [9.17, 15) is 38.2 Å². The van der Waals surface area contributed by atoms with Crippen molar-refractivity contribution in [3.05, 3.63) is 29.3 Å². The first kappa shape index (κ1) is 30.8. The average Bonchev–Trinajstić information content (AvgIpc) is 3.35. The van der Waals surface area contributed by atoms with Gasteiger partial charge in [0, 0.05) is 25.7 Å². The molecule has 17 heteroatoms. The molecule has 2 saturated heterocycles. The molecular weight excluding hydrogens is 557 g/mol. The van der Waals surface area contributed by atoms with Crippen LogP contribution in [0, 0.1) is 0 Å². The highest BCUT2D eigenvalue weighted by Gasteiger charge is 2.35. The van der Waals surface area contributed by atoms with Crippen LogP contribution in [-0.2, 0) is 42.5 Å². The van der Waals surface area contributed by atoms with Gasteiger partial charge in [-0.2, -0.15) is 0 Å². The molecule has 0 spiro atoms. The molecule has 218 valence electrons. The molecule has 2 aliphatic rings. The van der Waals surface area contributed by atoms with Gasteiger partial charge in [0.1, 0.15) is 25.5 Å². The first-order valence-electron chi connectivity index (χ1n) is 12.0. The molecule has 0 saturated carbocycles. The number of hydroxylamine groups is 4. The van der Waals surface area contributed by atoms with Crippen LogP contribution >= 0.6 is 7.82 Å². The van der Waals surface area contributed by atoms with Crippen LogP contribution in [0.1, 0.15) is 46.4 Å². The number of ether oxygens (including phenoxy) is 1. The lowest BCUT2D eigenvalue weighted by Gasteiger charge is -2.24. The number of benzene rings is 1. The lowest BCUT2D eigenvalue weighted by Crippen LogP contribution is -2.37. The van der Waals surface area contributed by atoms with E-state index in [0.29, 0.717) is 21.2 Å². The van der Waals surface area contributed by atoms with Gasteiger partial charge in [-0.1, -0.05) is 0 Å². The normalized spacial score (nSPS) is 17.3. The third-order valence-electron chi connectivity index (χ3n) is 5.36. The maximum absolute atomic E-state index is 12.7. The summed E-state index contributed by atoms with van der Waals surface area (Å²) in [7, 11) is 1.23. The Kier molecular flexibility index (Phi) is 9.76. The highest BCUT2D eigenvalue weighted by molar-refractivity contribution is 7.47. The number of likely N-dealkylation sites (N-methyl/N-ethyl adjacent to an activating group) is 1. The Bertz CT molecular complexity index is 1160. The second-order valence-electron chi connectivity index (χ2n) is 9.66. The molecule has 0 bridgehead atoms. The third-order valence-corrected chi connectivity index (χ3v) is 6.38. The van der Waals surface area contributed by atoms with Crippen LogP contribution in [0.5, 0.6) is 5.75 Å². The molecule has 1 unspecified atom stereocenters. The fourth-order valence-corrected chi connectivity index (χ4v) is 3.98. The Balaban J connectivity index is 1.70. The molecule has 1 atom stereocenters.